The molecule has 2 heterocycles. The number of amides is 2. The van der Waals surface area contributed by atoms with Gasteiger partial charge in [0, 0.05) is 45.5 Å². The topological polar surface area (TPSA) is 66.7 Å². The van der Waals surface area contributed by atoms with Crippen LogP contribution in [-0.2, 0) is 22.6 Å². The van der Waals surface area contributed by atoms with Gasteiger partial charge in [-0.3, -0.25) is 9.59 Å². The zero-order chi connectivity index (χ0) is 17.1. The maximum absolute atomic E-state index is 12.3. The summed E-state index contributed by atoms with van der Waals surface area (Å²) in [6.07, 6.45) is 1.13. The number of benzene rings is 1. The van der Waals surface area contributed by atoms with E-state index in [1.54, 1.807) is 19.0 Å². The van der Waals surface area contributed by atoms with Gasteiger partial charge in [-0.05, 0) is 12.1 Å². The molecule has 6 nitrogen and oxygen atoms in total. The van der Waals surface area contributed by atoms with E-state index < -0.39 is 0 Å². The third kappa shape index (κ3) is 3.48. The molecule has 0 aliphatic carbocycles. The van der Waals surface area contributed by atoms with Gasteiger partial charge < -0.3 is 14.2 Å². The molecule has 0 N–H and O–H groups in total. The predicted molar refractivity (Wildman–Crippen MR) is 89.0 cm³/mol. The highest BCUT2D eigenvalue weighted by molar-refractivity contribution is 5.83. The van der Waals surface area contributed by atoms with Crippen LogP contribution in [0.3, 0.4) is 0 Å². The van der Waals surface area contributed by atoms with Gasteiger partial charge in [0.05, 0.1) is 6.54 Å². The summed E-state index contributed by atoms with van der Waals surface area (Å²) in [5, 5.41) is 0. The molecule has 2 amide bonds. The highest BCUT2D eigenvalue weighted by atomic mass is 16.4. The Morgan fingerprint density at radius 2 is 1.96 bits per heavy atom. The Bertz CT molecular complexity index is 737. The summed E-state index contributed by atoms with van der Waals surface area (Å²) in [5.74, 6) is 1.40. The van der Waals surface area contributed by atoms with Crippen LogP contribution in [0.15, 0.2) is 34.7 Å². The van der Waals surface area contributed by atoms with Crippen molar-refractivity contribution >= 4 is 11.8 Å². The first-order chi connectivity index (χ1) is 11.5. The zero-order valence-electron chi connectivity index (χ0n) is 14.0. The first-order valence-electron chi connectivity index (χ1n) is 8.06. The van der Waals surface area contributed by atoms with Crippen molar-refractivity contribution in [2.75, 3.05) is 20.6 Å². The number of hydrogen-bond donors (Lipinski definition) is 0. The lowest BCUT2D eigenvalue weighted by Crippen LogP contribution is -2.36. The van der Waals surface area contributed by atoms with Gasteiger partial charge in [-0.15, -0.1) is 0 Å². The van der Waals surface area contributed by atoms with Gasteiger partial charge in [-0.2, -0.15) is 0 Å². The lowest BCUT2D eigenvalue weighted by molar-refractivity contribution is -0.136. The van der Waals surface area contributed by atoms with E-state index in [2.05, 4.69) is 4.98 Å². The maximum Gasteiger partial charge on any atom is 0.226 e. The monoisotopic (exact) mass is 327 g/mol. The molecule has 2 aromatic rings. The summed E-state index contributed by atoms with van der Waals surface area (Å²) >= 11 is 0. The van der Waals surface area contributed by atoms with Crippen molar-refractivity contribution in [2.24, 2.45) is 0 Å². The lowest BCUT2D eigenvalue weighted by Gasteiger charge is -2.25. The van der Waals surface area contributed by atoms with E-state index in [1.165, 1.54) is 4.90 Å². The highest BCUT2D eigenvalue weighted by Gasteiger charge is 2.26. The van der Waals surface area contributed by atoms with E-state index in [0.29, 0.717) is 25.4 Å². The second-order valence-electron chi connectivity index (χ2n) is 6.11. The minimum Gasteiger partial charge on any atom is -0.441 e. The average Bonchev–Trinajstić information content (AvgIpc) is 3.03. The smallest absolute Gasteiger partial charge is 0.226 e. The molecule has 1 aliphatic rings. The fraction of sp³-hybridized carbons (Fsp3) is 0.389. The Labute approximate surface area is 141 Å². The van der Waals surface area contributed by atoms with Gasteiger partial charge in [0.15, 0.2) is 0 Å². The molecular weight excluding hydrogens is 306 g/mol. The summed E-state index contributed by atoms with van der Waals surface area (Å²) in [6, 6.07) is 9.73. The number of aromatic nitrogens is 1. The van der Waals surface area contributed by atoms with Crippen molar-refractivity contribution in [3.63, 3.8) is 0 Å². The highest BCUT2D eigenvalue weighted by Crippen LogP contribution is 2.26. The van der Waals surface area contributed by atoms with E-state index in [1.807, 2.05) is 30.3 Å². The van der Waals surface area contributed by atoms with Gasteiger partial charge in [-0.1, -0.05) is 18.2 Å². The lowest BCUT2D eigenvalue weighted by atomic mass is 10.1. The van der Waals surface area contributed by atoms with Gasteiger partial charge >= 0.3 is 0 Å². The predicted octanol–water partition coefficient (Wildman–Crippen LogP) is 2.09. The fourth-order valence-electron chi connectivity index (χ4n) is 2.71. The van der Waals surface area contributed by atoms with E-state index in [-0.39, 0.29) is 24.7 Å². The van der Waals surface area contributed by atoms with Crippen molar-refractivity contribution < 1.29 is 14.0 Å². The van der Waals surface area contributed by atoms with Gasteiger partial charge in [-0.25, -0.2) is 4.98 Å². The minimum absolute atomic E-state index is 0.0138. The van der Waals surface area contributed by atoms with Crippen molar-refractivity contribution in [2.45, 2.75) is 25.8 Å². The van der Waals surface area contributed by atoms with Crippen LogP contribution in [0.25, 0.3) is 11.5 Å². The largest absolute Gasteiger partial charge is 0.441 e. The van der Waals surface area contributed by atoms with Crippen molar-refractivity contribution in [3.8, 4) is 11.5 Å². The molecule has 126 valence electrons. The normalized spacial score (nSPS) is 13.5. The molecule has 0 unspecified atom stereocenters. The van der Waals surface area contributed by atoms with Gasteiger partial charge in [0.2, 0.25) is 17.7 Å². The summed E-state index contributed by atoms with van der Waals surface area (Å²) in [7, 11) is 3.39. The quantitative estimate of drug-likeness (QED) is 0.862. The molecule has 0 saturated heterocycles. The number of nitrogens with zero attached hydrogens (tertiary/aromatic N) is 3. The molecule has 0 saturated carbocycles. The number of hydrogen-bond acceptors (Lipinski definition) is 4. The zero-order valence-corrected chi connectivity index (χ0v) is 14.0. The van der Waals surface area contributed by atoms with Gasteiger partial charge in [0.25, 0.3) is 0 Å². The van der Waals surface area contributed by atoms with Crippen LogP contribution in [0.5, 0.6) is 0 Å². The van der Waals surface area contributed by atoms with Crippen LogP contribution in [0.4, 0.5) is 0 Å². The Balaban J connectivity index is 1.65. The van der Waals surface area contributed by atoms with Crippen molar-refractivity contribution in [1.82, 2.24) is 14.8 Å². The summed E-state index contributed by atoms with van der Waals surface area (Å²) in [6.45, 7) is 1.05. The van der Waals surface area contributed by atoms with Crippen molar-refractivity contribution in [3.05, 3.63) is 41.8 Å². The molecule has 3 rings (SSSR count). The Hall–Kier alpha value is -2.63. The second kappa shape index (κ2) is 6.86. The van der Waals surface area contributed by atoms with E-state index in [9.17, 15) is 9.59 Å². The van der Waals surface area contributed by atoms with Crippen LogP contribution < -0.4 is 0 Å². The number of fused-ring (bicyclic) bond motifs is 1. The Kier molecular flexibility index (Phi) is 4.64. The van der Waals surface area contributed by atoms with Crippen LogP contribution >= 0.6 is 0 Å². The standard InChI is InChI=1S/C18H21N3O3/c1-20(2)16(22)8-9-17(23)21-11-10-15-14(12-21)19-18(24-15)13-6-4-3-5-7-13/h3-7H,8-12H2,1-2H3. The third-order valence-corrected chi connectivity index (χ3v) is 4.15. The number of carbonyl (C=O) groups is 2. The summed E-state index contributed by atoms with van der Waals surface area (Å²) in [5.41, 5.74) is 1.74. The average molecular weight is 327 g/mol. The van der Waals surface area contributed by atoms with Crippen LogP contribution in [0, 0.1) is 0 Å². The molecule has 24 heavy (non-hydrogen) atoms. The van der Waals surface area contributed by atoms with Gasteiger partial charge in [0.1, 0.15) is 11.5 Å². The molecule has 0 atom stereocenters. The third-order valence-electron chi connectivity index (χ3n) is 4.15. The molecule has 0 spiro atoms. The van der Waals surface area contributed by atoms with Crippen LogP contribution in [0.2, 0.25) is 0 Å². The number of carbonyl (C=O) groups excluding carboxylic acids is 2. The number of oxazole rings is 1. The molecule has 6 heteroatoms. The molecular formula is C18H21N3O3. The van der Waals surface area contributed by atoms with Crippen LogP contribution in [0.1, 0.15) is 24.3 Å². The SMILES string of the molecule is CN(C)C(=O)CCC(=O)N1CCc2oc(-c3ccccc3)nc2C1. The summed E-state index contributed by atoms with van der Waals surface area (Å²) in [4.78, 5) is 31.7. The Morgan fingerprint density at radius 1 is 1.21 bits per heavy atom. The number of rotatable bonds is 4. The summed E-state index contributed by atoms with van der Waals surface area (Å²) < 4.78 is 5.84. The van der Waals surface area contributed by atoms with E-state index in [0.717, 1.165) is 17.0 Å². The molecule has 1 aliphatic heterocycles. The fourth-order valence-corrected chi connectivity index (χ4v) is 2.71. The molecule has 1 aromatic carbocycles. The molecule has 0 bridgehead atoms. The molecule has 0 radical (unpaired) electrons. The van der Waals surface area contributed by atoms with Crippen LogP contribution in [-0.4, -0.2) is 47.2 Å². The van der Waals surface area contributed by atoms with Crippen molar-refractivity contribution in [1.29, 1.82) is 0 Å². The van der Waals surface area contributed by atoms with E-state index >= 15 is 0 Å². The Morgan fingerprint density at radius 3 is 2.67 bits per heavy atom. The molecule has 1 aromatic heterocycles. The second-order valence-corrected chi connectivity index (χ2v) is 6.11. The maximum atomic E-state index is 12.3. The van der Waals surface area contributed by atoms with E-state index in [4.69, 9.17) is 4.42 Å². The first kappa shape index (κ1) is 16.2. The minimum atomic E-state index is -0.0335. The first-order valence-corrected chi connectivity index (χ1v) is 8.06. The molecule has 0 fully saturated rings.